The van der Waals surface area contributed by atoms with Crippen LogP contribution >= 0.6 is 0 Å². The molecule has 0 bridgehead atoms. The van der Waals surface area contributed by atoms with E-state index in [-0.39, 0.29) is 18.8 Å². The zero-order chi connectivity index (χ0) is 12.7. The number of hydrogen-bond acceptors (Lipinski definition) is 3. The third-order valence-electron chi connectivity index (χ3n) is 2.63. The Morgan fingerprint density at radius 2 is 2.00 bits per heavy atom. The third-order valence-corrected chi connectivity index (χ3v) is 2.63. The predicted molar refractivity (Wildman–Crippen MR) is 70.2 cm³/mol. The molecule has 0 radical (unpaired) electrons. The maximum Gasteiger partial charge on any atom is 0.124 e. The second-order valence-electron chi connectivity index (χ2n) is 4.44. The van der Waals surface area contributed by atoms with Crippen LogP contribution in [0.25, 0.3) is 0 Å². The van der Waals surface area contributed by atoms with E-state index in [1.165, 1.54) is 0 Å². The van der Waals surface area contributed by atoms with E-state index < -0.39 is 0 Å². The summed E-state index contributed by atoms with van der Waals surface area (Å²) in [4.78, 5) is 0. The summed E-state index contributed by atoms with van der Waals surface area (Å²) in [7, 11) is 0. The molecular weight excluding hydrogens is 214 g/mol. The summed E-state index contributed by atoms with van der Waals surface area (Å²) in [5.41, 5.74) is 1.13. The summed E-state index contributed by atoms with van der Waals surface area (Å²) >= 11 is 0. The molecule has 0 aliphatic carbocycles. The lowest BCUT2D eigenvalue weighted by Crippen LogP contribution is -2.31. The van der Waals surface area contributed by atoms with E-state index in [1.807, 2.05) is 32.0 Å². The van der Waals surface area contributed by atoms with Gasteiger partial charge in [-0.1, -0.05) is 25.1 Å². The summed E-state index contributed by atoms with van der Waals surface area (Å²) < 4.78 is 5.74. The minimum absolute atomic E-state index is 0.155. The lowest BCUT2D eigenvalue weighted by Gasteiger charge is -2.17. The second-order valence-corrected chi connectivity index (χ2v) is 4.44. The van der Waals surface area contributed by atoms with Crippen LogP contribution in [0.4, 0.5) is 0 Å². The minimum Gasteiger partial charge on any atom is -0.491 e. The molecule has 0 aliphatic rings. The highest BCUT2D eigenvalue weighted by atomic mass is 16.5. The molecule has 96 valence electrons. The van der Waals surface area contributed by atoms with Gasteiger partial charge in [-0.05, 0) is 26.3 Å². The molecule has 1 rings (SSSR count). The van der Waals surface area contributed by atoms with E-state index in [9.17, 15) is 0 Å². The van der Waals surface area contributed by atoms with Crippen molar-refractivity contribution in [1.82, 2.24) is 5.32 Å². The number of aliphatic hydroxyl groups excluding tert-OH is 1. The predicted octanol–water partition coefficient (Wildman–Crippen LogP) is 2.33. The normalized spacial score (nSPS) is 12.8. The van der Waals surface area contributed by atoms with Gasteiger partial charge < -0.3 is 15.2 Å². The van der Waals surface area contributed by atoms with E-state index in [2.05, 4.69) is 18.3 Å². The van der Waals surface area contributed by atoms with Crippen molar-refractivity contribution in [2.45, 2.75) is 45.9 Å². The van der Waals surface area contributed by atoms with Gasteiger partial charge in [-0.2, -0.15) is 0 Å². The molecule has 0 spiro atoms. The molecule has 0 fully saturated rings. The summed E-state index contributed by atoms with van der Waals surface area (Å²) in [6, 6.07) is 8.17. The number of benzene rings is 1. The highest BCUT2D eigenvalue weighted by molar-refractivity contribution is 5.33. The highest BCUT2D eigenvalue weighted by Gasteiger charge is 2.07. The fourth-order valence-electron chi connectivity index (χ4n) is 1.61. The molecule has 3 heteroatoms. The van der Waals surface area contributed by atoms with Crippen LogP contribution in [0.3, 0.4) is 0 Å². The van der Waals surface area contributed by atoms with E-state index in [0.717, 1.165) is 24.3 Å². The molecule has 2 N–H and O–H groups in total. The number of nitrogens with one attached hydrogen (secondary N) is 1. The highest BCUT2D eigenvalue weighted by Crippen LogP contribution is 2.19. The van der Waals surface area contributed by atoms with Gasteiger partial charge in [-0.3, -0.25) is 0 Å². The van der Waals surface area contributed by atoms with Crippen LogP contribution in [0, 0.1) is 0 Å². The molecule has 0 saturated carbocycles. The van der Waals surface area contributed by atoms with Gasteiger partial charge in [0.2, 0.25) is 0 Å². The average Bonchev–Trinajstić information content (AvgIpc) is 2.31. The number of para-hydroxylation sites is 1. The van der Waals surface area contributed by atoms with Crippen molar-refractivity contribution in [2.24, 2.45) is 0 Å². The van der Waals surface area contributed by atoms with Crippen molar-refractivity contribution in [3.63, 3.8) is 0 Å². The lowest BCUT2D eigenvalue weighted by molar-refractivity contribution is 0.230. The van der Waals surface area contributed by atoms with Crippen LogP contribution in [-0.4, -0.2) is 23.9 Å². The molecule has 1 unspecified atom stereocenters. The zero-order valence-corrected chi connectivity index (χ0v) is 10.9. The van der Waals surface area contributed by atoms with E-state index in [0.29, 0.717) is 0 Å². The molecule has 0 amide bonds. The second kappa shape index (κ2) is 7.30. The summed E-state index contributed by atoms with van der Waals surface area (Å²) in [6.07, 6.45) is 1.10. The van der Waals surface area contributed by atoms with Crippen molar-refractivity contribution < 1.29 is 9.84 Å². The van der Waals surface area contributed by atoms with Crippen LogP contribution in [-0.2, 0) is 6.54 Å². The number of ether oxygens (including phenoxy) is 1. The van der Waals surface area contributed by atoms with Crippen LogP contribution in [0.1, 0.15) is 32.8 Å². The van der Waals surface area contributed by atoms with Crippen LogP contribution in [0.15, 0.2) is 24.3 Å². The molecule has 1 aromatic rings. The van der Waals surface area contributed by atoms with Gasteiger partial charge in [-0.15, -0.1) is 0 Å². The molecule has 1 atom stereocenters. The SMILES string of the molecule is CCC(CO)NCc1ccccc1OC(C)C. The maximum atomic E-state index is 9.13. The van der Waals surface area contributed by atoms with Crippen LogP contribution in [0.5, 0.6) is 5.75 Å². The van der Waals surface area contributed by atoms with Crippen molar-refractivity contribution >= 4 is 0 Å². The summed E-state index contributed by atoms with van der Waals surface area (Å²) in [5.74, 6) is 0.919. The van der Waals surface area contributed by atoms with Gasteiger partial charge in [0.25, 0.3) is 0 Å². The average molecular weight is 237 g/mol. The standard InChI is InChI=1S/C14H23NO2/c1-4-13(10-16)15-9-12-7-5-6-8-14(12)17-11(2)3/h5-8,11,13,15-16H,4,9-10H2,1-3H3. The van der Waals surface area contributed by atoms with Crippen molar-refractivity contribution in [1.29, 1.82) is 0 Å². The molecule has 17 heavy (non-hydrogen) atoms. The molecule has 3 nitrogen and oxygen atoms in total. The number of hydrogen-bond donors (Lipinski definition) is 2. The first kappa shape index (κ1) is 14.0. The molecule has 0 saturated heterocycles. The quantitative estimate of drug-likeness (QED) is 0.765. The largest absolute Gasteiger partial charge is 0.491 e. The van der Waals surface area contributed by atoms with E-state index in [1.54, 1.807) is 0 Å². The Balaban J connectivity index is 2.63. The maximum absolute atomic E-state index is 9.13. The fourth-order valence-corrected chi connectivity index (χ4v) is 1.61. The first-order chi connectivity index (χ1) is 8.17. The topological polar surface area (TPSA) is 41.5 Å². The third kappa shape index (κ3) is 4.75. The zero-order valence-electron chi connectivity index (χ0n) is 10.9. The van der Waals surface area contributed by atoms with Gasteiger partial charge in [0.1, 0.15) is 5.75 Å². The molecule has 1 aromatic carbocycles. The van der Waals surface area contributed by atoms with Crippen molar-refractivity contribution in [2.75, 3.05) is 6.61 Å². The Bertz CT molecular complexity index is 322. The monoisotopic (exact) mass is 237 g/mol. The summed E-state index contributed by atoms with van der Waals surface area (Å²) in [6.45, 7) is 7.00. The Hall–Kier alpha value is -1.06. The van der Waals surface area contributed by atoms with E-state index in [4.69, 9.17) is 9.84 Å². The molecule has 0 aliphatic heterocycles. The fraction of sp³-hybridized carbons (Fsp3) is 0.571. The van der Waals surface area contributed by atoms with Gasteiger partial charge in [0.15, 0.2) is 0 Å². The first-order valence-electron chi connectivity index (χ1n) is 6.26. The Labute approximate surface area is 104 Å². The Morgan fingerprint density at radius 3 is 2.59 bits per heavy atom. The Morgan fingerprint density at radius 1 is 1.29 bits per heavy atom. The number of rotatable bonds is 7. The van der Waals surface area contributed by atoms with Crippen molar-refractivity contribution in [3.8, 4) is 5.75 Å². The van der Waals surface area contributed by atoms with Crippen LogP contribution in [0.2, 0.25) is 0 Å². The van der Waals surface area contributed by atoms with Gasteiger partial charge >= 0.3 is 0 Å². The van der Waals surface area contributed by atoms with Crippen molar-refractivity contribution in [3.05, 3.63) is 29.8 Å². The number of aliphatic hydroxyl groups is 1. The van der Waals surface area contributed by atoms with Gasteiger partial charge in [0.05, 0.1) is 12.7 Å². The first-order valence-corrected chi connectivity index (χ1v) is 6.26. The van der Waals surface area contributed by atoms with E-state index >= 15 is 0 Å². The molecule has 0 heterocycles. The molecular formula is C14H23NO2. The lowest BCUT2D eigenvalue weighted by atomic mass is 10.1. The smallest absolute Gasteiger partial charge is 0.124 e. The minimum atomic E-state index is 0.155. The summed E-state index contributed by atoms with van der Waals surface area (Å²) in [5, 5.41) is 12.4. The Kier molecular flexibility index (Phi) is 6.01. The van der Waals surface area contributed by atoms with Gasteiger partial charge in [0, 0.05) is 18.2 Å². The van der Waals surface area contributed by atoms with Gasteiger partial charge in [-0.25, -0.2) is 0 Å². The molecule has 0 aromatic heterocycles. The van der Waals surface area contributed by atoms with Crippen LogP contribution < -0.4 is 10.1 Å².